The van der Waals surface area contributed by atoms with E-state index >= 15 is 0 Å². The van der Waals surface area contributed by atoms with Crippen molar-refractivity contribution in [3.63, 3.8) is 0 Å². The van der Waals surface area contributed by atoms with Gasteiger partial charge in [0.1, 0.15) is 23.9 Å². The molecule has 14 heteroatoms. The first-order valence-corrected chi connectivity index (χ1v) is 22.6. The zero-order valence-electron chi connectivity index (χ0n) is 42.2. The fourth-order valence-corrected chi connectivity index (χ4v) is 6.73. The summed E-state index contributed by atoms with van der Waals surface area (Å²) in [6.07, 6.45) is -0.0954. The van der Waals surface area contributed by atoms with Gasteiger partial charge in [-0.2, -0.15) is 0 Å². The SMILES string of the molecule is CC.CC(C)C(OC=O)C(C)(O)CO.CCCC(O)(CC(C)CN(C)C(C)C)C(CC)OC(OC(C)C)C(O)C(C)N(C)C.COC1(C)CC(OC(C)C(C)C)OCC1O. The van der Waals surface area contributed by atoms with E-state index in [0.29, 0.717) is 43.6 Å². The highest BCUT2D eigenvalue weighted by Crippen LogP contribution is 2.33. The van der Waals surface area contributed by atoms with Crippen LogP contribution in [-0.4, -0.2) is 168 Å². The molecule has 0 aromatic heterocycles. The molecule has 364 valence electrons. The summed E-state index contributed by atoms with van der Waals surface area (Å²) < 4.78 is 33.6. The molecule has 1 aliphatic heterocycles. The lowest BCUT2D eigenvalue weighted by atomic mass is 9.81. The summed E-state index contributed by atoms with van der Waals surface area (Å²) in [4.78, 5) is 14.3. The normalized spacial score (nSPS) is 23.8. The van der Waals surface area contributed by atoms with Gasteiger partial charge in [-0.05, 0) is 114 Å². The summed E-state index contributed by atoms with van der Waals surface area (Å²) in [6.45, 7) is 34.7. The van der Waals surface area contributed by atoms with Crippen LogP contribution in [0, 0.1) is 17.8 Å². The van der Waals surface area contributed by atoms with E-state index < -0.39 is 54.1 Å². The van der Waals surface area contributed by atoms with Crippen LogP contribution in [0.4, 0.5) is 0 Å². The third kappa shape index (κ3) is 23.6. The molecule has 60 heavy (non-hydrogen) atoms. The van der Waals surface area contributed by atoms with Crippen molar-refractivity contribution in [3.05, 3.63) is 0 Å². The van der Waals surface area contributed by atoms with Crippen LogP contribution in [0.15, 0.2) is 0 Å². The predicted octanol–water partition coefficient (Wildman–Crippen LogP) is 6.25. The van der Waals surface area contributed by atoms with E-state index in [-0.39, 0.29) is 43.5 Å². The minimum absolute atomic E-state index is 0.0302. The topological polar surface area (TPSA) is 180 Å². The molecule has 1 fully saturated rings. The fourth-order valence-electron chi connectivity index (χ4n) is 6.73. The molecular weight excluding hydrogens is 773 g/mol. The Labute approximate surface area is 368 Å². The Bertz CT molecular complexity index is 1050. The Morgan fingerprint density at radius 3 is 1.87 bits per heavy atom. The predicted molar refractivity (Wildman–Crippen MR) is 242 cm³/mol. The molecule has 1 rings (SSSR count). The molecule has 0 aromatic rings. The van der Waals surface area contributed by atoms with Gasteiger partial charge in [-0.1, -0.05) is 68.7 Å². The van der Waals surface area contributed by atoms with Crippen LogP contribution >= 0.6 is 0 Å². The third-order valence-electron chi connectivity index (χ3n) is 11.4. The van der Waals surface area contributed by atoms with Crippen molar-refractivity contribution in [2.45, 2.75) is 228 Å². The largest absolute Gasteiger partial charge is 0.461 e. The molecule has 1 heterocycles. The van der Waals surface area contributed by atoms with Gasteiger partial charge in [0.05, 0.1) is 42.7 Å². The van der Waals surface area contributed by atoms with Crippen molar-refractivity contribution in [2.75, 3.05) is 48.0 Å². The molecule has 0 radical (unpaired) electrons. The second-order valence-corrected chi connectivity index (χ2v) is 18.5. The van der Waals surface area contributed by atoms with E-state index in [1.54, 1.807) is 21.0 Å². The number of ether oxygens (including phenoxy) is 6. The highest BCUT2D eigenvalue weighted by atomic mass is 16.7. The molecule has 0 spiro atoms. The van der Waals surface area contributed by atoms with E-state index in [9.17, 15) is 25.2 Å². The monoisotopic (exact) mass is 871 g/mol. The highest BCUT2D eigenvalue weighted by molar-refractivity contribution is 5.37. The van der Waals surface area contributed by atoms with Gasteiger partial charge in [-0.15, -0.1) is 0 Å². The maximum atomic E-state index is 11.7. The zero-order valence-corrected chi connectivity index (χ0v) is 42.2. The first kappa shape index (κ1) is 63.3. The average Bonchev–Trinajstić information content (AvgIpc) is 3.16. The Balaban J connectivity index is -0.000000899. The van der Waals surface area contributed by atoms with Crippen molar-refractivity contribution >= 4 is 6.47 Å². The van der Waals surface area contributed by atoms with Crippen LogP contribution in [0.2, 0.25) is 0 Å². The van der Waals surface area contributed by atoms with Gasteiger partial charge in [-0.25, -0.2) is 0 Å². The van der Waals surface area contributed by atoms with E-state index in [1.807, 2.05) is 74.4 Å². The van der Waals surface area contributed by atoms with Crippen molar-refractivity contribution in [2.24, 2.45) is 17.8 Å². The second-order valence-electron chi connectivity index (χ2n) is 18.5. The third-order valence-corrected chi connectivity index (χ3v) is 11.4. The lowest BCUT2D eigenvalue weighted by Gasteiger charge is -2.42. The molecule has 12 atom stereocenters. The van der Waals surface area contributed by atoms with Gasteiger partial charge in [0.15, 0.2) is 12.6 Å². The van der Waals surface area contributed by atoms with Gasteiger partial charge < -0.3 is 63.8 Å². The van der Waals surface area contributed by atoms with E-state index in [2.05, 4.69) is 58.2 Å². The van der Waals surface area contributed by atoms with Crippen LogP contribution in [-0.2, 0) is 33.2 Å². The highest BCUT2D eigenvalue weighted by Gasteiger charge is 2.43. The van der Waals surface area contributed by atoms with Crippen LogP contribution in [0.1, 0.15) is 150 Å². The number of carbonyl (C=O) groups is 1. The average molecular weight is 871 g/mol. The molecule has 1 aliphatic rings. The number of carbonyl (C=O) groups excluding carboxylic acids is 1. The number of hydrogen-bond acceptors (Lipinski definition) is 14. The standard InChI is InChI=1S/C24H52N2O4.C12H24O4.C8H16O4.C2H6/c1-12-14-24(28,15-19(7)16-26(11)17(3)4)21(13-2)30-23(29-18(5)6)22(27)20(8)25(9)10;1-8(2)9(3)16-11-6-12(4,14-5)10(13)7-15-11;1-6(2)7(12-5-10)8(3,11)4-9;1-2/h17-23,27-28H,12-16H2,1-11H3;8-11,13H,6-7H2,1-5H3;5-7,9,11H,4H2,1-3H3;1-2H3. The number of likely N-dealkylation sites (N-methyl/N-ethyl adjacent to an activating group) is 1. The Kier molecular flexibility index (Phi) is 33.5. The van der Waals surface area contributed by atoms with Crippen LogP contribution in [0.5, 0.6) is 0 Å². The zero-order chi connectivity index (χ0) is 47.8. The van der Waals surface area contributed by atoms with Crippen LogP contribution in [0.25, 0.3) is 0 Å². The number of rotatable bonds is 25. The molecule has 0 aromatic carbocycles. The molecule has 1 saturated heterocycles. The molecule has 0 aliphatic carbocycles. The molecular formula is C46H98N2O12. The van der Waals surface area contributed by atoms with Crippen molar-refractivity contribution < 1.29 is 58.7 Å². The number of nitrogens with zero attached hydrogens (tertiary/aromatic N) is 2. The summed E-state index contributed by atoms with van der Waals surface area (Å²) in [5, 5.41) is 50.8. The van der Waals surface area contributed by atoms with Crippen molar-refractivity contribution in [3.8, 4) is 0 Å². The van der Waals surface area contributed by atoms with Gasteiger partial charge in [0, 0.05) is 32.2 Å². The molecule has 0 bridgehead atoms. The number of hydrogen-bond donors (Lipinski definition) is 5. The quantitative estimate of drug-likeness (QED) is 0.0513. The number of aliphatic hydroxyl groups excluding tert-OH is 3. The van der Waals surface area contributed by atoms with Crippen molar-refractivity contribution in [1.82, 2.24) is 9.80 Å². The Morgan fingerprint density at radius 1 is 0.933 bits per heavy atom. The minimum atomic E-state index is -1.37. The second kappa shape index (κ2) is 31.8. The number of methoxy groups -OCH3 is 1. The van der Waals surface area contributed by atoms with Gasteiger partial charge in [0.2, 0.25) is 0 Å². The molecule has 0 saturated carbocycles. The van der Waals surface area contributed by atoms with Gasteiger partial charge in [-0.3, -0.25) is 4.79 Å². The lowest BCUT2D eigenvalue weighted by Crippen LogP contribution is -2.53. The Hall–Kier alpha value is -1.01. The summed E-state index contributed by atoms with van der Waals surface area (Å²) >= 11 is 0. The first-order valence-electron chi connectivity index (χ1n) is 22.6. The molecule has 12 unspecified atom stereocenters. The maximum absolute atomic E-state index is 11.7. The molecule has 0 amide bonds. The van der Waals surface area contributed by atoms with Crippen molar-refractivity contribution in [1.29, 1.82) is 0 Å². The smallest absolute Gasteiger partial charge is 0.293 e. The fraction of sp³-hybridized carbons (Fsp3) is 0.978. The maximum Gasteiger partial charge on any atom is 0.293 e. The van der Waals surface area contributed by atoms with Gasteiger partial charge in [0.25, 0.3) is 6.47 Å². The number of aliphatic hydroxyl groups is 5. The Morgan fingerprint density at radius 2 is 1.48 bits per heavy atom. The van der Waals surface area contributed by atoms with Gasteiger partial charge >= 0.3 is 0 Å². The van der Waals surface area contributed by atoms with Crippen LogP contribution < -0.4 is 0 Å². The van der Waals surface area contributed by atoms with E-state index in [4.69, 9.17) is 28.8 Å². The molecule has 14 nitrogen and oxygen atoms in total. The summed E-state index contributed by atoms with van der Waals surface area (Å²) in [7, 11) is 7.59. The summed E-state index contributed by atoms with van der Waals surface area (Å²) in [5.74, 6) is 0.739. The van der Waals surface area contributed by atoms with E-state index in [0.717, 1.165) is 13.0 Å². The summed E-state index contributed by atoms with van der Waals surface area (Å²) in [6, 6.07) is 0.334. The lowest BCUT2D eigenvalue weighted by molar-refractivity contribution is -0.268. The van der Waals surface area contributed by atoms with Crippen LogP contribution in [0.3, 0.4) is 0 Å². The molecule has 5 N–H and O–H groups in total. The minimum Gasteiger partial charge on any atom is -0.461 e. The first-order chi connectivity index (χ1) is 27.6. The summed E-state index contributed by atoms with van der Waals surface area (Å²) in [5.41, 5.74) is -2.89. The van der Waals surface area contributed by atoms with E-state index in [1.165, 1.54) is 6.92 Å².